The monoisotopic (exact) mass is 116 g/mol. The zero-order valence-corrected chi connectivity index (χ0v) is 5.41. The molecule has 0 bridgehead atoms. The fraction of sp³-hybridized carbons (Fsp3) is 0.800. The van der Waals surface area contributed by atoms with Crippen LogP contribution in [0.3, 0.4) is 0 Å². The molecule has 0 aromatic heterocycles. The standard InChI is InChI=1S/C5H9NS/c1-7-5-3-2-4-6/h2-3,5H2,1H3/p+1. The summed E-state index contributed by atoms with van der Waals surface area (Å²) in [6, 6.07) is 2.10. The summed E-state index contributed by atoms with van der Waals surface area (Å²) in [7, 11) is 0. The molecule has 0 rings (SSSR count). The maximum absolute atomic E-state index is 8.04. The number of nitrogens with zero attached hydrogens (tertiary/aromatic N) is 1. The normalized spacial score (nSPS) is 8.00. The Bertz CT molecular complexity index is 65.0. The van der Waals surface area contributed by atoms with E-state index in [0.29, 0.717) is 0 Å². The van der Waals surface area contributed by atoms with Gasteiger partial charge in [0.2, 0.25) is 0 Å². The first kappa shape index (κ1) is 6.84. The molecule has 7 heavy (non-hydrogen) atoms. The number of rotatable bonds is 3. The van der Waals surface area contributed by atoms with E-state index in [4.69, 9.17) is 5.26 Å². The van der Waals surface area contributed by atoms with Crippen molar-refractivity contribution < 1.29 is 0 Å². The van der Waals surface area contributed by atoms with Crippen molar-refractivity contribution in [2.45, 2.75) is 12.8 Å². The average Bonchev–Trinajstić information content (AvgIpc) is 1.69. The highest BCUT2D eigenvalue weighted by molar-refractivity contribution is 7.77. The van der Waals surface area contributed by atoms with Gasteiger partial charge in [-0.2, -0.15) is 5.26 Å². The summed E-state index contributed by atoms with van der Waals surface area (Å²) in [4.78, 5) is 0. The number of hydrogen-bond donors (Lipinski definition) is 0. The van der Waals surface area contributed by atoms with Gasteiger partial charge in [0.05, 0.1) is 12.3 Å². The molecule has 0 fully saturated rings. The molecule has 0 amide bonds. The highest BCUT2D eigenvalue weighted by Crippen LogP contribution is 1.84. The Hall–Kier alpha value is -0.160. The third-order valence-electron chi connectivity index (χ3n) is 0.670. The van der Waals surface area contributed by atoms with Crippen LogP contribution < -0.4 is 0 Å². The molecule has 0 spiro atoms. The molecule has 40 valence electrons. The fourth-order valence-corrected chi connectivity index (χ4v) is 0.791. The highest BCUT2D eigenvalue weighted by Gasteiger charge is 1.86. The van der Waals surface area contributed by atoms with Crippen LogP contribution in [0.4, 0.5) is 0 Å². The summed E-state index contributed by atoms with van der Waals surface area (Å²) in [5.74, 6) is 1.17. The van der Waals surface area contributed by atoms with Crippen molar-refractivity contribution >= 4 is 11.8 Å². The molecule has 0 aliphatic carbocycles. The van der Waals surface area contributed by atoms with Crippen LogP contribution in [0.25, 0.3) is 0 Å². The van der Waals surface area contributed by atoms with Crippen molar-refractivity contribution in [1.82, 2.24) is 0 Å². The summed E-state index contributed by atoms with van der Waals surface area (Å²) >= 11 is 1.40. The van der Waals surface area contributed by atoms with Crippen LogP contribution >= 0.6 is 0 Å². The Labute approximate surface area is 48.7 Å². The third-order valence-corrected chi connectivity index (χ3v) is 1.43. The first-order valence-electron chi connectivity index (χ1n) is 2.34. The first-order chi connectivity index (χ1) is 3.41. The maximum Gasteiger partial charge on any atom is 0.106 e. The Morgan fingerprint density at radius 3 is 2.86 bits per heavy atom. The molecule has 0 aliphatic rings. The molecule has 0 saturated carbocycles. The van der Waals surface area contributed by atoms with E-state index in [0.717, 1.165) is 12.8 Å². The third kappa shape index (κ3) is 5.84. The van der Waals surface area contributed by atoms with E-state index in [1.807, 2.05) is 0 Å². The molecular weight excluding hydrogens is 106 g/mol. The van der Waals surface area contributed by atoms with Gasteiger partial charge in [-0.25, -0.2) is 0 Å². The van der Waals surface area contributed by atoms with Crippen molar-refractivity contribution in [2.75, 3.05) is 12.0 Å². The second-order valence-electron chi connectivity index (χ2n) is 1.30. The van der Waals surface area contributed by atoms with Gasteiger partial charge >= 0.3 is 0 Å². The van der Waals surface area contributed by atoms with Crippen LogP contribution in [0.2, 0.25) is 0 Å². The van der Waals surface area contributed by atoms with Gasteiger partial charge in [0.15, 0.2) is 0 Å². The van der Waals surface area contributed by atoms with Gasteiger partial charge in [0.1, 0.15) is 5.75 Å². The van der Waals surface area contributed by atoms with E-state index < -0.39 is 0 Å². The minimum Gasteiger partial charge on any atom is -0.198 e. The number of unbranched alkanes of at least 4 members (excludes halogenated alkanes) is 1. The molecule has 0 unspecified atom stereocenters. The van der Waals surface area contributed by atoms with Crippen LogP contribution in [0.1, 0.15) is 12.8 Å². The lowest BCUT2D eigenvalue weighted by molar-refractivity contribution is 0.982. The average molecular weight is 116 g/mol. The lowest BCUT2D eigenvalue weighted by atomic mass is 10.4. The van der Waals surface area contributed by atoms with Gasteiger partial charge in [0.25, 0.3) is 0 Å². The molecule has 0 atom stereocenters. The van der Waals surface area contributed by atoms with Crippen molar-refractivity contribution in [2.24, 2.45) is 0 Å². The summed E-state index contributed by atoms with van der Waals surface area (Å²) in [5, 5.41) is 8.04. The van der Waals surface area contributed by atoms with Gasteiger partial charge in [-0.1, -0.05) is 0 Å². The van der Waals surface area contributed by atoms with Gasteiger partial charge in [-0.15, -0.1) is 0 Å². The molecule has 0 N–H and O–H groups in total. The second kappa shape index (κ2) is 5.84. The van der Waals surface area contributed by atoms with E-state index >= 15 is 0 Å². The van der Waals surface area contributed by atoms with Crippen LogP contribution in [0.15, 0.2) is 0 Å². The molecule has 0 heterocycles. The van der Waals surface area contributed by atoms with Crippen LogP contribution in [-0.2, 0) is 11.8 Å². The maximum atomic E-state index is 8.04. The Balaban J connectivity index is 2.60. The van der Waals surface area contributed by atoms with Crippen molar-refractivity contribution in [3.63, 3.8) is 0 Å². The van der Waals surface area contributed by atoms with Crippen LogP contribution in [-0.4, -0.2) is 12.0 Å². The first-order valence-corrected chi connectivity index (χ1v) is 3.87. The van der Waals surface area contributed by atoms with Crippen LogP contribution in [0.5, 0.6) is 0 Å². The molecular formula is C5H10NS+. The largest absolute Gasteiger partial charge is 0.198 e. The topological polar surface area (TPSA) is 23.8 Å². The number of thiol groups is 1. The van der Waals surface area contributed by atoms with Crippen molar-refractivity contribution in [3.8, 4) is 6.07 Å². The van der Waals surface area contributed by atoms with Crippen molar-refractivity contribution in [1.29, 1.82) is 5.26 Å². The van der Waals surface area contributed by atoms with Gasteiger partial charge in [0, 0.05) is 12.8 Å². The molecule has 0 aromatic rings. The van der Waals surface area contributed by atoms with Gasteiger partial charge in [-0.3, -0.25) is 0 Å². The molecule has 0 saturated heterocycles. The second-order valence-corrected chi connectivity index (χ2v) is 2.38. The minimum atomic E-state index is 0.723. The molecule has 0 radical (unpaired) electrons. The predicted molar refractivity (Wildman–Crippen MR) is 34.4 cm³/mol. The molecule has 0 aromatic carbocycles. The van der Waals surface area contributed by atoms with E-state index in [2.05, 4.69) is 12.3 Å². The minimum absolute atomic E-state index is 0.723. The van der Waals surface area contributed by atoms with E-state index in [1.165, 1.54) is 17.5 Å². The number of nitriles is 1. The summed E-state index contributed by atoms with van der Waals surface area (Å²) < 4.78 is 0. The highest BCUT2D eigenvalue weighted by atomic mass is 32.2. The summed E-state index contributed by atoms with van der Waals surface area (Å²) in [6.45, 7) is 0. The summed E-state index contributed by atoms with van der Waals surface area (Å²) in [6.07, 6.45) is 3.90. The van der Waals surface area contributed by atoms with Crippen molar-refractivity contribution in [3.05, 3.63) is 0 Å². The zero-order chi connectivity index (χ0) is 5.54. The fourth-order valence-electron chi connectivity index (χ4n) is 0.316. The van der Waals surface area contributed by atoms with E-state index in [9.17, 15) is 0 Å². The van der Waals surface area contributed by atoms with E-state index in [1.54, 1.807) is 0 Å². The van der Waals surface area contributed by atoms with Gasteiger partial charge < -0.3 is 0 Å². The van der Waals surface area contributed by atoms with E-state index in [-0.39, 0.29) is 0 Å². The smallest absolute Gasteiger partial charge is 0.106 e. The Morgan fingerprint density at radius 1 is 1.71 bits per heavy atom. The molecule has 1 nitrogen and oxygen atoms in total. The lowest BCUT2D eigenvalue weighted by Crippen LogP contribution is -1.83. The SMILES string of the molecule is C[SH+]CCCC#N. The summed E-state index contributed by atoms with van der Waals surface area (Å²) in [5.41, 5.74) is 0. The zero-order valence-electron chi connectivity index (χ0n) is 4.52. The predicted octanol–water partition coefficient (Wildman–Crippen LogP) is 0.735. The quantitative estimate of drug-likeness (QED) is 0.303. The van der Waals surface area contributed by atoms with Gasteiger partial charge in [-0.05, 0) is 11.8 Å². The molecule has 0 aliphatic heterocycles. The van der Waals surface area contributed by atoms with Crippen LogP contribution in [0, 0.1) is 11.3 Å². The Kier molecular flexibility index (Phi) is 5.71. The number of hydrogen-bond acceptors (Lipinski definition) is 1. The molecule has 2 heteroatoms. The Morgan fingerprint density at radius 2 is 2.43 bits per heavy atom. The lowest BCUT2D eigenvalue weighted by Gasteiger charge is -1.77.